The Morgan fingerprint density at radius 3 is 2.54 bits per heavy atom. The molecule has 0 saturated heterocycles. The van der Waals surface area contributed by atoms with Crippen LogP contribution in [0.25, 0.3) is 6.08 Å². The molecule has 0 fully saturated rings. The van der Waals surface area contributed by atoms with E-state index in [4.69, 9.17) is 21.1 Å². The van der Waals surface area contributed by atoms with Crippen molar-refractivity contribution < 1.29 is 14.3 Å². The lowest BCUT2D eigenvalue weighted by Gasteiger charge is -2.25. The number of allylic oxidation sites excluding steroid dienone is 1. The largest absolute Gasteiger partial charge is 0.463 e. The lowest BCUT2D eigenvalue weighted by atomic mass is 9.96. The number of hydrogen-bond acceptors (Lipinski definition) is 6. The Labute approximate surface area is 222 Å². The Morgan fingerprint density at radius 1 is 1.05 bits per heavy atom. The number of nitrogens with zero attached hydrogens (tertiary/aromatic N) is 2. The van der Waals surface area contributed by atoms with E-state index >= 15 is 0 Å². The first-order valence-corrected chi connectivity index (χ1v) is 12.9. The number of ether oxygens (including phenoxy) is 2. The maximum absolute atomic E-state index is 13.8. The molecule has 1 atom stereocenters. The van der Waals surface area contributed by atoms with Crippen LogP contribution in [0.5, 0.6) is 11.5 Å². The Kier molecular flexibility index (Phi) is 7.08. The van der Waals surface area contributed by atoms with Gasteiger partial charge < -0.3 is 9.47 Å². The van der Waals surface area contributed by atoms with Gasteiger partial charge in [0.15, 0.2) is 4.80 Å². The topological polar surface area (TPSA) is 69.9 Å². The summed E-state index contributed by atoms with van der Waals surface area (Å²) < 4.78 is 13.3. The average molecular weight is 531 g/mol. The second-order valence-electron chi connectivity index (χ2n) is 8.31. The highest BCUT2D eigenvalue weighted by molar-refractivity contribution is 7.07. The quantitative estimate of drug-likeness (QED) is 0.319. The first-order chi connectivity index (χ1) is 18.0. The summed E-state index contributed by atoms with van der Waals surface area (Å²) in [5.41, 5.74) is 1.96. The monoisotopic (exact) mass is 530 g/mol. The zero-order valence-corrected chi connectivity index (χ0v) is 21.8. The van der Waals surface area contributed by atoms with Gasteiger partial charge >= 0.3 is 5.97 Å². The molecular formula is C29H23ClN2O4S. The van der Waals surface area contributed by atoms with Crippen LogP contribution in [0.1, 0.15) is 31.0 Å². The summed E-state index contributed by atoms with van der Waals surface area (Å²) in [6.45, 7) is 3.69. The van der Waals surface area contributed by atoms with E-state index in [0.717, 1.165) is 11.3 Å². The number of fused-ring (bicyclic) bond motifs is 1. The molecule has 186 valence electrons. The molecular weight excluding hydrogens is 508 g/mol. The summed E-state index contributed by atoms with van der Waals surface area (Å²) in [7, 11) is 0. The van der Waals surface area contributed by atoms with Crippen molar-refractivity contribution in [2.45, 2.75) is 19.9 Å². The fourth-order valence-electron chi connectivity index (χ4n) is 4.23. The number of aromatic nitrogens is 1. The summed E-state index contributed by atoms with van der Waals surface area (Å²) in [6.07, 6.45) is 1.80. The molecule has 0 bridgehead atoms. The summed E-state index contributed by atoms with van der Waals surface area (Å²) in [5.74, 6) is 0.858. The average Bonchev–Trinajstić information content (AvgIpc) is 3.18. The van der Waals surface area contributed by atoms with Crippen molar-refractivity contribution in [3.05, 3.63) is 126 Å². The Balaban J connectivity index is 1.63. The Bertz CT molecular complexity index is 1690. The number of thiazole rings is 1. The predicted octanol–water partition coefficient (Wildman–Crippen LogP) is 5.24. The van der Waals surface area contributed by atoms with E-state index in [1.807, 2.05) is 66.7 Å². The van der Waals surface area contributed by atoms with Gasteiger partial charge in [-0.1, -0.05) is 71.5 Å². The number of hydrogen-bond donors (Lipinski definition) is 0. The number of para-hydroxylation sites is 1. The zero-order valence-electron chi connectivity index (χ0n) is 20.2. The smallest absolute Gasteiger partial charge is 0.338 e. The highest BCUT2D eigenvalue weighted by atomic mass is 35.5. The second-order valence-corrected chi connectivity index (χ2v) is 9.73. The third kappa shape index (κ3) is 5.01. The number of halogens is 1. The molecule has 0 amide bonds. The standard InChI is InChI=1S/C29H23ClN2O4S/c1-3-35-28(34)25-18(2)31-29-32(26(25)22-14-7-8-15-23(22)30)27(33)24(37-29)17-19-10-9-13-21(16-19)36-20-11-5-4-6-12-20/h4-17,26H,3H2,1-2H3/b24-17+. The third-order valence-corrected chi connectivity index (χ3v) is 7.18. The molecule has 6 nitrogen and oxygen atoms in total. The van der Waals surface area contributed by atoms with Crippen LogP contribution in [-0.2, 0) is 9.53 Å². The zero-order chi connectivity index (χ0) is 25.9. The third-order valence-electron chi connectivity index (χ3n) is 5.85. The van der Waals surface area contributed by atoms with Gasteiger partial charge in [0.05, 0.1) is 22.4 Å². The van der Waals surface area contributed by atoms with Gasteiger partial charge in [-0.05, 0) is 61.4 Å². The van der Waals surface area contributed by atoms with Crippen molar-refractivity contribution in [3.63, 3.8) is 0 Å². The Morgan fingerprint density at radius 2 is 1.78 bits per heavy atom. The second kappa shape index (κ2) is 10.6. The molecule has 0 aliphatic carbocycles. The number of carbonyl (C=O) groups is 1. The normalized spacial score (nSPS) is 15.2. The lowest BCUT2D eigenvalue weighted by molar-refractivity contribution is -0.139. The first-order valence-electron chi connectivity index (χ1n) is 11.7. The van der Waals surface area contributed by atoms with Crippen molar-refractivity contribution in [2.24, 2.45) is 4.99 Å². The molecule has 1 aliphatic heterocycles. The minimum atomic E-state index is -0.751. The van der Waals surface area contributed by atoms with E-state index in [9.17, 15) is 9.59 Å². The molecule has 0 saturated carbocycles. The molecule has 0 radical (unpaired) electrons. The molecule has 1 aromatic heterocycles. The van der Waals surface area contributed by atoms with Gasteiger partial charge in [0, 0.05) is 5.02 Å². The van der Waals surface area contributed by atoms with Gasteiger partial charge in [0.2, 0.25) is 0 Å². The number of esters is 1. The van der Waals surface area contributed by atoms with Crippen LogP contribution >= 0.6 is 22.9 Å². The van der Waals surface area contributed by atoms with Crippen LogP contribution in [0.2, 0.25) is 5.02 Å². The SMILES string of the molecule is CCOC(=O)C1=C(C)N=c2s/c(=C/c3cccc(Oc4ccccc4)c3)c(=O)n2C1c1ccccc1Cl. The molecule has 8 heteroatoms. The minimum absolute atomic E-state index is 0.205. The molecule has 3 aromatic carbocycles. The van der Waals surface area contributed by atoms with Crippen LogP contribution in [0.15, 0.2) is 99.9 Å². The van der Waals surface area contributed by atoms with E-state index in [1.54, 1.807) is 32.1 Å². The highest BCUT2D eigenvalue weighted by Gasteiger charge is 2.34. The maximum atomic E-state index is 13.8. The van der Waals surface area contributed by atoms with Crippen LogP contribution in [0.3, 0.4) is 0 Å². The summed E-state index contributed by atoms with van der Waals surface area (Å²) in [5, 5.41) is 0.448. The fourth-order valence-corrected chi connectivity index (χ4v) is 5.51. The van der Waals surface area contributed by atoms with Gasteiger partial charge in [0.25, 0.3) is 5.56 Å². The highest BCUT2D eigenvalue weighted by Crippen LogP contribution is 2.34. The van der Waals surface area contributed by atoms with E-state index in [2.05, 4.69) is 4.99 Å². The molecule has 4 aromatic rings. The van der Waals surface area contributed by atoms with Gasteiger partial charge in [0.1, 0.15) is 17.5 Å². The van der Waals surface area contributed by atoms with Crippen LogP contribution in [0.4, 0.5) is 0 Å². The molecule has 1 aliphatic rings. The van der Waals surface area contributed by atoms with E-state index in [-0.39, 0.29) is 12.2 Å². The van der Waals surface area contributed by atoms with Crippen molar-refractivity contribution in [2.75, 3.05) is 6.61 Å². The molecule has 2 heterocycles. The minimum Gasteiger partial charge on any atom is -0.463 e. The van der Waals surface area contributed by atoms with E-state index < -0.39 is 12.0 Å². The van der Waals surface area contributed by atoms with Gasteiger partial charge in [-0.25, -0.2) is 9.79 Å². The molecule has 0 spiro atoms. The molecule has 1 unspecified atom stereocenters. The van der Waals surface area contributed by atoms with Gasteiger partial charge in [-0.2, -0.15) is 0 Å². The number of carbonyl (C=O) groups excluding carboxylic acids is 1. The molecule has 37 heavy (non-hydrogen) atoms. The first kappa shape index (κ1) is 24.7. The van der Waals surface area contributed by atoms with Crippen LogP contribution in [-0.4, -0.2) is 17.1 Å². The van der Waals surface area contributed by atoms with Crippen molar-refractivity contribution in [3.8, 4) is 11.5 Å². The fraction of sp³-hybridized carbons (Fsp3) is 0.138. The van der Waals surface area contributed by atoms with Crippen molar-refractivity contribution in [1.29, 1.82) is 0 Å². The van der Waals surface area contributed by atoms with Crippen LogP contribution in [0, 0.1) is 0 Å². The van der Waals surface area contributed by atoms with Crippen molar-refractivity contribution in [1.82, 2.24) is 4.57 Å². The van der Waals surface area contributed by atoms with E-state index in [1.165, 1.54) is 15.9 Å². The summed E-state index contributed by atoms with van der Waals surface area (Å²) in [4.78, 5) is 31.8. The summed E-state index contributed by atoms with van der Waals surface area (Å²) in [6, 6.07) is 23.4. The maximum Gasteiger partial charge on any atom is 0.338 e. The molecule has 5 rings (SSSR count). The number of rotatable bonds is 6. The lowest BCUT2D eigenvalue weighted by Crippen LogP contribution is -2.40. The van der Waals surface area contributed by atoms with Gasteiger partial charge in [-0.15, -0.1) is 0 Å². The van der Waals surface area contributed by atoms with Gasteiger partial charge in [-0.3, -0.25) is 9.36 Å². The van der Waals surface area contributed by atoms with Crippen LogP contribution < -0.4 is 19.6 Å². The van der Waals surface area contributed by atoms with Crippen molar-refractivity contribution >= 4 is 35.0 Å². The Hall–Kier alpha value is -3.94. The number of benzene rings is 3. The molecule has 0 N–H and O–H groups in total. The summed E-state index contributed by atoms with van der Waals surface area (Å²) >= 11 is 7.81. The predicted molar refractivity (Wildman–Crippen MR) is 145 cm³/mol. The van der Waals surface area contributed by atoms with E-state index in [0.29, 0.717) is 36.9 Å².